The molecule has 0 radical (unpaired) electrons. The summed E-state index contributed by atoms with van der Waals surface area (Å²) in [4.78, 5) is 27.8. The van der Waals surface area contributed by atoms with Crippen molar-refractivity contribution in [3.63, 3.8) is 0 Å². The molecule has 0 saturated carbocycles. The molecule has 3 heterocycles. The zero-order valence-electron chi connectivity index (χ0n) is 18.2. The van der Waals surface area contributed by atoms with E-state index in [0.29, 0.717) is 25.3 Å². The molecule has 10 heteroatoms. The number of hydrogen-bond acceptors (Lipinski definition) is 6. The lowest BCUT2D eigenvalue weighted by Gasteiger charge is -2.30. The van der Waals surface area contributed by atoms with Crippen molar-refractivity contribution in [3.8, 4) is 5.75 Å². The molecule has 2 amide bonds. The molecule has 3 aliphatic heterocycles. The summed E-state index contributed by atoms with van der Waals surface area (Å²) in [6, 6.07) is 12.0. The number of ether oxygens (including phenoxy) is 1. The van der Waals surface area contributed by atoms with Crippen LogP contribution in [0.2, 0.25) is 0 Å². The number of para-hydroxylation sites is 1. The van der Waals surface area contributed by atoms with Crippen molar-refractivity contribution in [3.05, 3.63) is 42.5 Å². The maximum Gasteiger partial charge on any atom is 0.261 e. The van der Waals surface area contributed by atoms with Crippen molar-refractivity contribution >= 4 is 45.0 Å². The number of rotatable bonds is 5. The van der Waals surface area contributed by atoms with Crippen LogP contribution in [-0.2, 0) is 19.6 Å². The van der Waals surface area contributed by atoms with Gasteiger partial charge in [0.1, 0.15) is 5.75 Å². The Morgan fingerprint density at radius 3 is 2.64 bits per heavy atom. The van der Waals surface area contributed by atoms with Gasteiger partial charge in [-0.15, -0.1) is 0 Å². The second-order valence-electron chi connectivity index (χ2n) is 8.36. The second-order valence-corrected chi connectivity index (χ2v) is 11.6. The highest BCUT2D eigenvalue weighted by Gasteiger charge is 2.57. The van der Waals surface area contributed by atoms with Gasteiger partial charge in [-0.1, -0.05) is 30.3 Å². The normalized spacial score (nSPS) is 22.7. The predicted molar refractivity (Wildman–Crippen MR) is 126 cm³/mol. The SMILES string of the molecule is COc1ccc(S(=O)(=O)N2CCCCC2)cc1NC(=O)C12CCC(=O)N1c1ccccc1S2. The fourth-order valence-electron chi connectivity index (χ4n) is 4.72. The number of hydrogen-bond donors (Lipinski definition) is 1. The standard InChI is InChI=1S/C23H25N3O5S2/c1-31-19-10-9-16(33(29,30)25-13-5-2-6-14-25)15-17(19)24-22(28)23-12-11-21(27)26(23)18-7-3-4-8-20(18)32-23/h3-4,7-10,15H,2,5-6,11-14H2,1H3,(H,24,28). The van der Waals surface area contributed by atoms with Gasteiger partial charge in [0.05, 0.1) is 23.4 Å². The van der Waals surface area contributed by atoms with Gasteiger partial charge in [0.15, 0.2) is 4.87 Å². The lowest BCUT2D eigenvalue weighted by Crippen LogP contribution is -2.49. The number of sulfonamides is 1. The van der Waals surface area contributed by atoms with E-state index in [9.17, 15) is 18.0 Å². The van der Waals surface area contributed by atoms with Gasteiger partial charge in [-0.25, -0.2) is 8.42 Å². The summed E-state index contributed by atoms with van der Waals surface area (Å²) in [5.74, 6) is -0.120. The smallest absolute Gasteiger partial charge is 0.261 e. The second kappa shape index (κ2) is 8.34. The first kappa shape index (κ1) is 22.2. The molecule has 1 N–H and O–H groups in total. The fourth-order valence-corrected chi connectivity index (χ4v) is 7.68. The molecular weight excluding hydrogens is 462 g/mol. The van der Waals surface area contributed by atoms with Crippen molar-refractivity contribution in [2.24, 2.45) is 0 Å². The van der Waals surface area contributed by atoms with E-state index in [1.807, 2.05) is 24.3 Å². The van der Waals surface area contributed by atoms with Gasteiger partial charge in [-0.05, 0) is 49.6 Å². The Balaban J connectivity index is 1.47. The largest absolute Gasteiger partial charge is 0.495 e. The molecular formula is C23H25N3O5S2. The molecule has 2 fully saturated rings. The summed E-state index contributed by atoms with van der Waals surface area (Å²) in [6.45, 7) is 0.982. The maximum atomic E-state index is 13.6. The summed E-state index contributed by atoms with van der Waals surface area (Å²) >= 11 is 1.36. The summed E-state index contributed by atoms with van der Waals surface area (Å²) in [7, 11) is -2.21. The van der Waals surface area contributed by atoms with Crippen molar-refractivity contribution in [1.29, 1.82) is 0 Å². The van der Waals surface area contributed by atoms with Crippen LogP contribution in [0.3, 0.4) is 0 Å². The average molecular weight is 488 g/mol. The fraction of sp³-hybridized carbons (Fsp3) is 0.391. The summed E-state index contributed by atoms with van der Waals surface area (Å²) in [6.07, 6.45) is 3.33. The topological polar surface area (TPSA) is 96.0 Å². The summed E-state index contributed by atoms with van der Waals surface area (Å²) in [5.41, 5.74) is 0.999. The zero-order chi connectivity index (χ0) is 23.2. The number of anilines is 2. The van der Waals surface area contributed by atoms with Crippen LogP contribution in [0.4, 0.5) is 11.4 Å². The van der Waals surface area contributed by atoms with Crippen LogP contribution in [0.15, 0.2) is 52.3 Å². The van der Waals surface area contributed by atoms with Gasteiger partial charge in [-0.2, -0.15) is 4.31 Å². The van der Waals surface area contributed by atoms with E-state index in [1.165, 1.54) is 35.3 Å². The van der Waals surface area contributed by atoms with Gasteiger partial charge < -0.3 is 10.1 Å². The van der Waals surface area contributed by atoms with Crippen LogP contribution >= 0.6 is 11.8 Å². The minimum absolute atomic E-state index is 0.101. The highest BCUT2D eigenvalue weighted by atomic mass is 32.2. The summed E-state index contributed by atoms with van der Waals surface area (Å²) in [5, 5.41) is 2.87. The van der Waals surface area contributed by atoms with Gasteiger partial charge >= 0.3 is 0 Å². The molecule has 33 heavy (non-hydrogen) atoms. The third kappa shape index (κ3) is 3.60. The number of carbonyl (C=O) groups excluding carboxylic acids is 2. The minimum atomic E-state index is -3.68. The molecule has 1 atom stereocenters. The number of nitrogens with zero attached hydrogens (tertiary/aromatic N) is 2. The van der Waals surface area contributed by atoms with E-state index in [2.05, 4.69) is 5.32 Å². The first-order chi connectivity index (χ1) is 15.9. The number of piperidine rings is 1. The van der Waals surface area contributed by atoms with E-state index >= 15 is 0 Å². The Hall–Kier alpha value is -2.56. The zero-order valence-corrected chi connectivity index (χ0v) is 19.9. The van der Waals surface area contributed by atoms with Crippen LogP contribution in [0.25, 0.3) is 0 Å². The van der Waals surface area contributed by atoms with Gasteiger partial charge in [0.25, 0.3) is 5.91 Å². The molecule has 3 aliphatic rings. The average Bonchev–Trinajstić information content (AvgIpc) is 3.35. The molecule has 0 bridgehead atoms. The maximum absolute atomic E-state index is 13.6. The first-order valence-corrected chi connectivity index (χ1v) is 13.2. The van der Waals surface area contributed by atoms with Crippen LogP contribution < -0.4 is 15.0 Å². The van der Waals surface area contributed by atoms with Crippen molar-refractivity contribution in [2.75, 3.05) is 30.4 Å². The third-order valence-corrected chi connectivity index (χ3v) is 9.77. The Bertz CT molecular complexity index is 1230. The highest BCUT2D eigenvalue weighted by molar-refractivity contribution is 8.02. The Labute approximate surface area is 197 Å². The Morgan fingerprint density at radius 1 is 1.12 bits per heavy atom. The van der Waals surface area contributed by atoms with E-state index in [4.69, 9.17) is 4.74 Å². The number of carbonyl (C=O) groups is 2. The molecule has 0 aromatic heterocycles. The van der Waals surface area contributed by atoms with E-state index in [1.54, 1.807) is 11.0 Å². The third-order valence-electron chi connectivity index (χ3n) is 6.40. The van der Waals surface area contributed by atoms with Crippen LogP contribution in [-0.4, -0.2) is 49.6 Å². The number of benzene rings is 2. The minimum Gasteiger partial charge on any atom is -0.495 e. The van der Waals surface area contributed by atoms with E-state index < -0.39 is 14.9 Å². The van der Waals surface area contributed by atoms with E-state index in [-0.39, 0.29) is 28.8 Å². The van der Waals surface area contributed by atoms with E-state index in [0.717, 1.165) is 29.8 Å². The molecule has 174 valence electrons. The lowest BCUT2D eigenvalue weighted by atomic mass is 10.1. The van der Waals surface area contributed by atoms with Gasteiger partial charge in [0.2, 0.25) is 15.9 Å². The Morgan fingerprint density at radius 2 is 1.88 bits per heavy atom. The number of amides is 2. The van der Waals surface area contributed by atoms with Crippen LogP contribution in [0, 0.1) is 0 Å². The number of nitrogens with one attached hydrogen (secondary N) is 1. The van der Waals surface area contributed by atoms with Gasteiger partial charge in [-0.3, -0.25) is 14.5 Å². The lowest BCUT2D eigenvalue weighted by molar-refractivity contribution is -0.121. The molecule has 1 unspecified atom stereocenters. The summed E-state index contributed by atoms with van der Waals surface area (Å²) < 4.78 is 33.2. The van der Waals surface area contributed by atoms with Crippen molar-refractivity contribution in [1.82, 2.24) is 4.31 Å². The molecule has 2 saturated heterocycles. The number of thioether (sulfide) groups is 1. The number of fused-ring (bicyclic) bond motifs is 3. The molecule has 0 spiro atoms. The Kier molecular flexibility index (Phi) is 5.62. The molecule has 5 rings (SSSR count). The van der Waals surface area contributed by atoms with Gasteiger partial charge in [0, 0.05) is 24.4 Å². The quantitative estimate of drug-likeness (QED) is 0.694. The molecule has 2 aromatic carbocycles. The van der Waals surface area contributed by atoms with Crippen molar-refractivity contribution in [2.45, 2.75) is 46.8 Å². The number of methoxy groups -OCH3 is 1. The molecule has 0 aliphatic carbocycles. The monoisotopic (exact) mass is 487 g/mol. The van der Waals surface area contributed by atoms with Crippen molar-refractivity contribution < 1.29 is 22.7 Å². The van der Waals surface area contributed by atoms with Crippen LogP contribution in [0.5, 0.6) is 5.75 Å². The first-order valence-electron chi connectivity index (χ1n) is 11.0. The predicted octanol–water partition coefficient (Wildman–Crippen LogP) is 3.44. The van der Waals surface area contributed by atoms with Crippen LogP contribution in [0.1, 0.15) is 32.1 Å². The highest BCUT2D eigenvalue weighted by Crippen LogP contribution is 2.56. The molecule has 2 aromatic rings. The molecule has 8 nitrogen and oxygen atoms in total.